The van der Waals surface area contributed by atoms with Crippen molar-refractivity contribution in [3.05, 3.63) is 84.4 Å². The van der Waals surface area contributed by atoms with E-state index in [4.69, 9.17) is 5.73 Å². The van der Waals surface area contributed by atoms with Gasteiger partial charge in [-0.05, 0) is 47.5 Å². The molecular formula is C19H15NO3S. The molecule has 0 fully saturated rings. The van der Waals surface area contributed by atoms with Crippen LogP contribution in [0.2, 0.25) is 0 Å². The zero-order valence-electron chi connectivity index (χ0n) is 12.7. The Bertz CT molecular complexity index is 961. The molecule has 0 radical (unpaired) electrons. The predicted molar refractivity (Wildman–Crippen MR) is 92.3 cm³/mol. The highest BCUT2D eigenvalue weighted by atomic mass is 32.2. The molecule has 5 heteroatoms. The molecule has 0 aromatic heterocycles. The maximum atomic E-state index is 12.5. The lowest BCUT2D eigenvalue weighted by Gasteiger charge is -2.07. The van der Waals surface area contributed by atoms with Crippen LogP contribution in [0.4, 0.5) is 0 Å². The van der Waals surface area contributed by atoms with Crippen LogP contribution in [0.5, 0.6) is 0 Å². The Hall–Kier alpha value is -2.92. The first-order valence-electron chi connectivity index (χ1n) is 7.29. The fourth-order valence-corrected chi connectivity index (χ4v) is 3.67. The van der Waals surface area contributed by atoms with Gasteiger partial charge < -0.3 is 5.73 Å². The standard InChI is InChI=1S/C19H15NO3S/c20-19(21)16-8-6-14(7-9-16)15-10-12-18(13-11-15)24(22,23)17-4-2-1-3-5-17/h1-13H,(H2,20,21). The monoisotopic (exact) mass is 337 g/mol. The van der Waals surface area contributed by atoms with Crippen LogP contribution in [-0.4, -0.2) is 14.3 Å². The van der Waals surface area contributed by atoms with Crippen LogP contribution in [0, 0.1) is 0 Å². The fraction of sp³-hybridized carbons (Fsp3) is 0. The summed E-state index contributed by atoms with van der Waals surface area (Å²) in [6, 6.07) is 21.8. The van der Waals surface area contributed by atoms with E-state index in [1.54, 1.807) is 78.9 Å². The molecule has 0 aliphatic carbocycles. The summed E-state index contributed by atoms with van der Waals surface area (Å²) in [5.74, 6) is -0.481. The molecule has 2 N–H and O–H groups in total. The summed E-state index contributed by atoms with van der Waals surface area (Å²) in [5, 5.41) is 0. The van der Waals surface area contributed by atoms with Gasteiger partial charge in [-0.3, -0.25) is 4.79 Å². The number of carbonyl (C=O) groups is 1. The van der Waals surface area contributed by atoms with Gasteiger partial charge in [0, 0.05) is 5.56 Å². The Morgan fingerprint density at radius 2 is 1.12 bits per heavy atom. The van der Waals surface area contributed by atoms with Crippen molar-refractivity contribution in [1.29, 1.82) is 0 Å². The predicted octanol–water partition coefficient (Wildman–Crippen LogP) is 3.29. The summed E-state index contributed by atoms with van der Waals surface area (Å²) in [6.07, 6.45) is 0. The van der Waals surface area contributed by atoms with E-state index in [0.29, 0.717) is 5.56 Å². The molecule has 0 saturated carbocycles. The van der Waals surface area contributed by atoms with Gasteiger partial charge in [-0.15, -0.1) is 0 Å². The van der Waals surface area contributed by atoms with Crippen LogP contribution in [0.15, 0.2) is 88.7 Å². The molecule has 3 aromatic rings. The molecule has 24 heavy (non-hydrogen) atoms. The third-order valence-corrected chi connectivity index (χ3v) is 5.51. The van der Waals surface area contributed by atoms with Crippen LogP contribution >= 0.6 is 0 Å². The average Bonchev–Trinajstić information content (AvgIpc) is 2.62. The van der Waals surface area contributed by atoms with Gasteiger partial charge in [-0.2, -0.15) is 0 Å². The van der Waals surface area contributed by atoms with E-state index in [1.807, 2.05) is 0 Å². The van der Waals surface area contributed by atoms with Gasteiger partial charge in [0.2, 0.25) is 15.7 Å². The largest absolute Gasteiger partial charge is 0.366 e. The third-order valence-electron chi connectivity index (χ3n) is 3.72. The van der Waals surface area contributed by atoms with Crippen LogP contribution in [0.3, 0.4) is 0 Å². The molecule has 0 heterocycles. The van der Waals surface area contributed by atoms with Crippen LogP contribution in [0.1, 0.15) is 10.4 Å². The van der Waals surface area contributed by atoms with Crippen molar-refractivity contribution in [3.63, 3.8) is 0 Å². The summed E-state index contributed by atoms with van der Waals surface area (Å²) in [5.41, 5.74) is 7.39. The molecule has 0 saturated heterocycles. The maximum absolute atomic E-state index is 12.5. The van der Waals surface area contributed by atoms with Gasteiger partial charge in [0.15, 0.2) is 0 Å². The van der Waals surface area contributed by atoms with Gasteiger partial charge in [0.1, 0.15) is 0 Å². The van der Waals surface area contributed by atoms with E-state index in [0.717, 1.165) is 11.1 Å². The lowest BCUT2D eigenvalue weighted by molar-refractivity contribution is 0.100. The molecule has 0 atom stereocenters. The van der Waals surface area contributed by atoms with Crippen molar-refractivity contribution >= 4 is 15.7 Å². The molecule has 0 unspecified atom stereocenters. The van der Waals surface area contributed by atoms with Gasteiger partial charge in [-0.1, -0.05) is 42.5 Å². The second-order valence-corrected chi connectivity index (χ2v) is 7.23. The Morgan fingerprint density at radius 3 is 1.62 bits per heavy atom. The molecule has 4 nitrogen and oxygen atoms in total. The van der Waals surface area contributed by atoms with Crippen LogP contribution in [0.25, 0.3) is 11.1 Å². The van der Waals surface area contributed by atoms with Gasteiger partial charge in [0.05, 0.1) is 9.79 Å². The Balaban J connectivity index is 1.92. The first-order chi connectivity index (χ1) is 11.5. The topological polar surface area (TPSA) is 77.2 Å². The zero-order chi connectivity index (χ0) is 17.2. The molecule has 1 amide bonds. The van der Waals surface area contributed by atoms with E-state index in [9.17, 15) is 13.2 Å². The van der Waals surface area contributed by atoms with Crippen LogP contribution in [-0.2, 0) is 9.84 Å². The highest BCUT2D eigenvalue weighted by Crippen LogP contribution is 2.25. The Kier molecular flexibility index (Phi) is 4.18. The number of hydrogen-bond donors (Lipinski definition) is 1. The molecule has 3 rings (SSSR count). The van der Waals surface area contributed by atoms with Crippen molar-refractivity contribution in [2.24, 2.45) is 5.73 Å². The van der Waals surface area contributed by atoms with E-state index in [1.165, 1.54) is 0 Å². The van der Waals surface area contributed by atoms with E-state index in [-0.39, 0.29) is 9.79 Å². The first-order valence-corrected chi connectivity index (χ1v) is 8.77. The van der Waals surface area contributed by atoms with Crippen molar-refractivity contribution in [2.45, 2.75) is 9.79 Å². The Labute approximate surface area is 140 Å². The molecular weight excluding hydrogens is 322 g/mol. The maximum Gasteiger partial charge on any atom is 0.248 e. The molecule has 3 aromatic carbocycles. The van der Waals surface area contributed by atoms with Crippen LogP contribution < -0.4 is 5.73 Å². The number of nitrogens with two attached hydrogens (primary N) is 1. The van der Waals surface area contributed by atoms with Gasteiger partial charge >= 0.3 is 0 Å². The molecule has 0 bridgehead atoms. The fourth-order valence-electron chi connectivity index (χ4n) is 2.39. The number of rotatable bonds is 4. The van der Waals surface area contributed by atoms with Crippen molar-refractivity contribution in [3.8, 4) is 11.1 Å². The minimum absolute atomic E-state index is 0.242. The lowest BCUT2D eigenvalue weighted by atomic mass is 10.0. The van der Waals surface area contributed by atoms with Gasteiger partial charge in [0.25, 0.3) is 0 Å². The number of amides is 1. The first kappa shape index (κ1) is 16.0. The average molecular weight is 337 g/mol. The molecule has 0 spiro atoms. The van der Waals surface area contributed by atoms with E-state index >= 15 is 0 Å². The lowest BCUT2D eigenvalue weighted by Crippen LogP contribution is -2.10. The Morgan fingerprint density at radius 1 is 0.667 bits per heavy atom. The normalized spacial score (nSPS) is 11.2. The number of benzene rings is 3. The summed E-state index contributed by atoms with van der Waals surface area (Å²) in [4.78, 5) is 11.6. The summed E-state index contributed by atoms with van der Waals surface area (Å²) < 4.78 is 25.1. The highest BCUT2D eigenvalue weighted by molar-refractivity contribution is 7.91. The molecule has 0 aliphatic heterocycles. The molecule has 120 valence electrons. The zero-order valence-corrected chi connectivity index (χ0v) is 13.5. The third kappa shape index (κ3) is 3.07. The number of hydrogen-bond acceptors (Lipinski definition) is 3. The number of sulfone groups is 1. The van der Waals surface area contributed by atoms with E-state index in [2.05, 4.69) is 0 Å². The minimum Gasteiger partial charge on any atom is -0.366 e. The summed E-state index contributed by atoms with van der Waals surface area (Å²) >= 11 is 0. The second kappa shape index (κ2) is 6.29. The van der Waals surface area contributed by atoms with Gasteiger partial charge in [-0.25, -0.2) is 8.42 Å². The smallest absolute Gasteiger partial charge is 0.248 e. The second-order valence-electron chi connectivity index (χ2n) is 5.28. The van der Waals surface area contributed by atoms with Crippen molar-refractivity contribution in [1.82, 2.24) is 0 Å². The quantitative estimate of drug-likeness (QED) is 0.793. The van der Waals surface area contributed by atoms with E-state index < -0.39 is 15.7 Å². The number of carbonyl (C=O) groups excluding carboxylic acids is 1. The minimum atomic E-state index is -3.52. The SMILES string of the molecule is NC(=O)c1ccc(-c2ccc(S(=O)(=O)c3ccccc3)cc2)cc1. The summed E-state index contributed by atoms with van der Waals surface area (Å²) in [6.45, 7) is 0. The summed E-state index contributed by atoms with van der Waals surface area (Å²) in [7, 11) is -3.52. The molecule has 0 aliphatic rings. The number of primary amides is 1. The van der Waals surface area contributed by atoms with Crippen molar-refractivity contribution in [2.75, 3.05) is 0 Å². The van der Waals surface area contributed by atoms with Crippen molar-refractivity contribution < 1.29 is 13.2 Å². The highest BCUT2D eigenvalue weighted by Gasteiger charge is 2.16.